The van der Waals surface area contributed by atoms with Crippen molar-refractivity contribution in [2.24, 2.45) is 11.7 Å². The first-order valence-electron chi connectivity index (χ1n) is 5.92. The van der Waals surface area contributed by atoms with Crippen LogP contribution in [0.1, 0.15) is 25.0 Å². The number of hydrogen-bond acceptors (Lipinski definition) is 2. The predicted molar refractivity (Wildman–Crippen MR) is 73.4 cm³/mol. The molecule has 2 atom stereocenters. The molecular weight excluding hydrogens is 293 g/mol. The minimum atomic E-state index is -4.42. The molecule has 0 heterocycles. The summed E-state index contributed by atoms with van der Waals surface area (Å²) in [4.78, 5) is 11.6. The summed E-state index contributed by atoms with van der Waals surface area (Å²) in [5.41, 5.74) is 4.87. The molecule has 2 unspecified atom stereocenters. The van der Waals surface area contributed by atoms with Crippen LogP contribution in [0.25, 0.3) is 0 Å². The van der Waals surface area contributed by atoms with Gasteiger partial charge in [0, 0.05) is 18.5 Å². The molecule has 0 fully saturated rings. The van der Waals surface area contributed by atoms with E-state index in [0.717, 1.165) is 6.07 Å². The van der Waals surface area contributed by atoms with E-state index in [4.69, 9.17) is 5.73 Å². The zero-order chi connectivity index (χ0) is 14.6. The van der Waals surface area contributed by atoms with Crippen molar-refractivity contribution in [2.75, 3.05) is 0 Å². The van der Waals surface area contributed by atoms with Crippen molar-refractivity contribution in [1.82, 2.24) is 5.32 Å². The topological polar surface area (TPSA) is 55.1 Å². The smallest absolute Gasteiger partial charge is 0.352 e. The molecule has 0 radical (unpaired) electrons. The Morgan fingerprint density at radius 3 is 2.35 bits per heavy atom. The number of nitrogens with two attached hydrogens (primary N) is 1. The Hall–Kier alpha value is -1.27. The summed E-state index contributed by atoms with van der Waals surface area (Å²) in [6.45, 7) is 3.15. The van der Waals surface area contributed by atoms with Gasteiger partial charge in [-0.1, -0.05) is 25.1 Å². The fourth-order valence-electron chi connectivity index (χ4n) is 1.53. The molecule has 1 rings (SSSR count). The van der Waals surface area contributed by atoms with Gasteiger partial charge in [-0.3, -0.25) is 4.79 Å². The summed E-state index contributed by atoms with van der Waals surface area (Å²) in [7, 11) is 0. The second-order valence-corrected chi connectivity index (χ2v) is 4.52. The molecule has 0 saturated heterocycles. The maximum atomic E-state index is 12.7. The largest absolute Gasteiger partial charge is 0.416 e. The lowest BCUT2D eigenvalue weighted by atomic mass is 10.0. The zero-order valence-corrected chi connectivity index (χ0v) is 12.0. The van der Waals surface area contributed by atoms with E-state index >= 15 is 0 Å². The number of alkyl halides is 3. The molecule has 0 aromatic heterocycles. The van der Waals surface area contributed by atoms with Gasteiger partial charge in [-0.15, -0.1) is 12.4 Å². The molecule has 0 aliphatic rings. The molecule has 0 spiro atoms. The molecule has 7 heteroatoms. The van der Waals surface area contributed by atoms with Gasteiger partial charge in [-0.05, 0) is 18.6 Å². The quantitative estimate of drug-likeness (QED) is 0.898. The second kappa shape index (κ2) is 7.50. The Kier molecular flexibility index (Phi) is 7.02. The number of carbonyl (C=O) groups excluding carboxylic acids is 1. The standard InChI is InChI=1S/C13H17F3N2O.ClH/c1-8(9(2)17)12(19)18-7-10-5-3-4-6-11(10)13(14,15)16;/h3-6,8-9H,7,17H2,1-2H3,(H,18,19);1H. The lowest BCUT2D eigenvalue weighted by Crippen LogP contribution is -2.38. The van der Waals surface area contributed by atoms with Crippen molar-refractivity contribution in [1.29, 1.82) is 0 Å². The maximum absolute atomic E-state index is 12.7. The summed E-state index contributed by atoms with van der Waals surface area (Å²) < 4.78 is 38.2. The molecule has 114 valence electrons. The fourth-order valence-corrected chi connectivity index (χ4v) is 1.53. The summed E-state index contributed by atoms with van der Waals surface area (Å²) in [6, 6.07) is 4.82. The highest BCUT2D eigenvalue weighted by Gasteiger charge is 2.32. The third kappa shape index (κ3) is 5.02. The maximum Gasteiger partial charge on any atom is 0.416 e. The van der Waals surface area contributed by atoms with Crippen molar-refractivity contribution in [2.45, 2.75) is 32.6 Å². The van der Waals surface area contributed by atoms with Crippen LogP contribution in [0, 0.1) is 5.92 Å². The minimum Gasteiger partial charge on any atom is -0.352 e. The van der Waals surface area contributed by atoms with Gasteiger partial charge in [0.05, 0.1) is 5.56 Å². The number of amides is 1. The average molecular weight is 311 g/mol. The van der Waals surface area contributed by atoms with Gasteiger partial charge in [0.1, 0.15) is 0 Å². The highest BCUT2D eigenvalue weighted by molar-refractivity contribution is 5.85. The van der Waals surface area contributed by atoms with Crippen LogP contribution in [0.4, 0.5) is 13.2 Å². The Labute approximate surface area is 122 Å². The molecule has 0 saturated carbocycles. The molecule has 20 heavy (non-hydrogen) atoms. The average Bonchev–Trinajstić information content (AvgIpc) is 2.34. The Morgan fingerprint density at radius 1 is 1.30 bits per heavy atom. The van der Waals surface area contributed by atoms with Crippen LogP contribution in [0.3, 0.4) is 0 Å². The molecule has 0 aliphatic carbocycles. The van der Waals surface area contributed by atoms with Crippen LogP contribution in [0.5, 0.6) is 0 Å². The monoisotopic (exact) mass is 310 g/mol. The van der Waals surface area contributed by atoms with Gasteiger partial charge in [0.15, 0.2) is 0 Å². The van der Waals surface area contributed by atoms with Gasteiger partial charge >= 0.3 is 6.18 Å². The summed E-state index contributed by atoms with van der Waals surface area (Å²) in [6.07, 6.45) is -4.42. The summed E-state index contributed by atoms with van der Waals surface area (Å²) in [5, 5.41) is 2.47. The van der Waals surface area contributed by atoms with Crippen molar-refractivity contribution < 1.29 is 18.0 Å². The number of benzene rings is 1. The van der Waals surface area contributed by atoms with Crippen molar-refractivity contribution in [3.8, 4) is 0 Å². The molecule has 0 bridgehead atoms. The molecule has 1 aromatic carbocycles. The van der Waals surface area contributed by atoms with E-state index in [1.165, 1.54) is 18.2 Å². The van der Waals surface area contributed by atoms with E-state index in [9.17, 15) is 18.0 Å². The molecule has 1 amide bonds. The molecule has 3 nitrogen and oxygen atoms in total. The number of halogens is 4. The van der Waals surface area contributed by atoms with E-state index in [-0.39, 0.29) is 36.5 Å². The molecular formula is C13H18ClF3N2O. The third-order valence-electron chi connectivity index (χ3n) is 2.98. The number of rotatable bonds is 4. The fraction of sp³-hybridized carbons (Fsp3) is 0.462. The minimum absolute atomic E-state index is 0. The number of hydrogen-bond donors (Lipinski definition) is 2. The molecule has 3 N–H and O–H groups in total. The van der Waals surface area contributed by atoms with Crippen molar-refractivity contribution >= 4 is 18.3 Å². The highest BCUT2D eigenvalue weighted by atomic mass is 35.5. The van der Waals surface area contributed by atoms with Crippen LogP contribution in [-0.4, -0.2) is 11.9 Å². The van der Waals surface area contributed by atoms with Gasteiger partial charge in [0.25, 0.3) is 0 Å². The normalized spacial score (nSPS) is 14.1. The van der Waals surface area contributed by atoms with Gasteiger partial charge in [0.2, 0.25) is 5.91 Å². The lowest BCUT2D eigenvalue weighted by molar-refractivity contribution is -0.138. The van der Waals surface area contributed by atoms with Crippen LogP contribution in [0.2, 0.25) is 0 Å². The van der Waals surface area contributed by atoms with E-state index < -0.39 is 17.7 Å². The first-order valence-corrected chi connectivity index (χ1v) is 5.92. The Bertz CT molecular complexity index is 449. The van der Waals surface area contributed by atoms with E-state index in [2.05, 4.69) is 5.32 Å². The van der Waals surface area contributed by atoms with E-state index in [1.54, 1.807) is 13.8 Å². The number of nitrogens with one attached hydrogen (secondary N) is 1. The SMILES string of the molecule is CC(N)C(C)C(=O)NCc1ccccc1C(F)(F)F.Cl. The molecule has 0 aliphatic heterocycles. The van der Waals surface area contributed by atoms with Gasteiger partial charge in [-0.2, -0.15) is 13.2 Å². The third-order valence-corrected chi connectivity index (χ3v) is 2.98. The van der Waals surface area contributed by atoms with Gasteiger partial charge in [-0.25, -0.2) is 0 Å². The predicted octanol–water partition coefficient (Wildman–Crippen LogP) is 2.73. The Balaban J connectivity index is 0.00000361. The second-order valence-electron chi connectivity index (χ2n) is 4.52. The van der Waals surface area contributed by atoms with E-state index in [1.807, 2.05) is 0 Å². The first-order chi connectivity index (χ1) is 8.73. The van der Waals surface area contributed by atoms with Crippen LogP contribution in [-0.2, 0) is 17.5 Å². The van der Waals surface area contributed by atoms with Gasteiger partial charge < -0.3 is 11.1 Å². The zero-order valence-electron chi connectivity index (χ0n) is 11.2. The van der Waals surface area contributed by atoms with Crippen molar-refractivity contribution in [3.63, 3.8) is 0 Å². The lowest BCUT2D eigenvalue weighted by Gasteiger charge is -2.17. The summed E-state index contributed by atoms with van der Waals surface area (Å²) >= 11 is 0. The van der Waals surface area contributed by atoms with Crippen molar-refractivity contribution in [3.05, 3.63) is 35.4 Å². The van der Waals surface area contributed by atoms with E-state index in [0.29, 0.717) is 0 Å². The number of carbonyl (C=O) groups is 1. The van der Waals surface area contributed by atoms with Crippen LogP contribution >= 0.6 is 12.4 Å². The molecule has 1 aromatic rings. The van der Waals surface area contributed by atoms with Crippen LogP contribution in [0.15, 0.2) is 24.3 Å². The van der Waals surface area contributed by atoms with Crippen LogP contribution < -0.4 is 11.1 Å². The summed E-state index contributed by atoms with van der Waals surface area (Å²) in [5.74, 6) is -0.801. The Morgan fingerprint density at radius 2 is 1.85 bits per heavy atom. The first kappa shape index (κ1) is 18.7. The highest BCUT2D eigenvalue weighted by Crippen LogP contribution is 2.31.